The Hall–Kier alpha value is -1.38. The van der Waals surface area contributed by atoms with E-state index in [0.29, 0.717) is 23.6 Å². The van der Waals surface area contributed by atoms with Crippen LogP contribution in [0.5, 0.6) is 0 Å². The number of rotatable bonds is 4. The molecule has 0 bridgehead atoms. The number of carbonyl (C=O) groups excluding carboxylic acids is 1. The number of nitrogens with zero attached hydrogens (tertiary/aromatic N) is 1. The van der Waals surface area contributed by atoms with Gasteiger partial charge in [0, 0.05) is 17.7 Å². The van der Waals surface area contributed by atoms with Gasteiger partial charge in [0.15, 0.2) is 0 Å². The fourth-order valence-electron chi connectivity index (χ4n) is 2.33. The molecule has 1 atom stereocenters. The number of hydrogen-bond donors (Lipinski definition) is 1. The van der Waals surface area contributed by atoms with Gasteiger partial charge in [-0.15, -0.1) is 11.3 Å². The predicted molar refractivity (Wildman–Crippen MR) is 79.8 cm³/mol. The zero-order chi connectivity index (χ0) is 14.8. The van der Waals surface area contributed by atoms with E-state index in [-0.39, 0.29) is 11.5 Å². The Morgan fingerprint density at radius 2 is 2.30 bits per heavy atom. The Kier molecular flexibility index (Phi) is 4.46. The fourth-order valence-corrected chi connectivity index (χ4v) is 3.43. The maximum atomic E-state index is 11.7. The maximum absolute atomic E-state index is 11.7. The molecule has 0 saturated heterocycles. The molecular formula is C15H20N2O2S. The molecule has 1 N–H and O–H groups in total. The molecule has 1 aliphatic rings. The molecule has 1 aromatic heterocycles. The largest absolute Gasteiger partial charge is 0.369 e. The van der Waals surface area contributed by atoms with Gasteiger partial charge in [0.2, 0.25) is 5.91 Å². The molecule has 20 heavy (non-hydrogen) atoms. The van der Waals surface area contributed by atoms with Gasteiger partial charge in [-0.2, -0.15) is 5.26 Å². The Bertz CT molecular complexity index is 559. The van der Waals surface area contributed by atoms with E-state index in [1.807, 2.05) is 6.92 Å². The molecule has 0 spiro atoms. The highest BCUT2D eigenvalue weighted by Crippen LogP contribution is 2.41. The second-order valence-electron chi connectivity index (χ2n) is 5.39. The van der Waals surface area contributed by atoms with Crippen LogP contribution in [0.1, 0.15) is 56.0 Å². The van der Waals surface area contributed by atoms with E-state index in [1.54, 1.807) is 0 Å². The first kappa shape index (κ1) is 15.0. The summed E-state index contributed by atoms with van der Waals surface area (Å²) < 4.78 is 5.89. The summed E-state index contributed by atoms with van der Waals surface area (Å²) in [4.78, 5) is 12.8. The number of anilines is 1. The molecule has 1 aliphatic heterocycles. The lowest BCUT2D eigenvalue weighted by Gasteiger charge is -2.32. The molecule has 2 heterocycles. The first-order chi connectivity index (χ1) is 9.53. The third-order valence-corrected chi connectivity index (χ3v) is 4.90. The first-order valence-corrected chi connectivity index (χ1v) is 7.83. The number of hydrogen-bond acceptors (Lipinski definition) is 4. The van der Waals surface area contributed by atoms with Crippen LogP contribution in [-0.4, -0.2) is 11.5 Å². The Morgan fingerprint density at radius 1 is 1.55 bits per heavy atom. The lowest BCUT2D eigenvalue weighted by atomic mass is 9.90. The smallest absolute Gasteiger partial charge is 0.224 e. The van der Waals surface area contributed by atoms with E-state index in [2.05, 4.69) is 25.2 Å². The molecule has 108 valence electrons. The van der Waals surface area contributed by atoms with Gasteiger partial charge in [0.25, 0.3) is 0 Å². The van der Waals surface area contributed by atoms with E-state index in [1.165, 1.54) is 11.3 Å². The lowest BCUT2D eigenvalue weighted by molar-refractivity contribution is -0.116. The second kappa shape index (κ2) is 5.94. The molecule has 0 saturated carbocycles. The fraction of sp³-hybridized carbons (Fsp3) is 0.600. The van der Waals surface area contributed by atoms with Crippen molar-refractivity contribution in [3.8, 4) is 6.07 Å². The number of fused-ring (bicyclic) bond motifs is 1. The standard InChI is InChI=1S/C15H20N2O2S/c1-4-6-13(18)17-14-11(8-16)10-7-15(3,5-2)19-9-12(10)20-14/h4-7,9H2,1-3H3,(H,17,18)/t15-/m0/s1. The minimum Gasteiger partial charge on any atom is -0.369 e. The van der Waals surface area contributed by atoms with Crippen LogP contribution in [0.2, 0.25) is 0 Å². The lowest BCUT2D eigenvalue weighted by Crippen LogP contribution is -2.34. The van der Waals surface area contributed by atoms with Crippen molar-refractivity contribution in [3.05, 3.63) is 16.0 Å². The van der Waals surface area contributed by atoms with E-state index in [4.69, 9.17) is 4.74 Å². The van der Waals surface area contributed by atoms with Crippen LogP contribution in [0.15, 0.2) is 0 Å². The van der Waals surface area contributed by atoms with Gasteiger partial charge < -0.3 is 10.1 Å². The second-order valence-corrected chi connectivity index (χ2v) is 6.49. The van der Waals surface area contributed by atoms with Crippen LogP contribution >= 0.6 is 11.3 Å². The highest BCUT2D eigenvalue weighted by Gasteiger charge is 2.33. The van der Waals surface area contributed by atoms with Crippen LogP contribution in [0.25, 0.3) is 0 Å². The molecule has 1 aromatic rings. The van der Waals surface area contributed by atoms with E-state index in [9.17, 15) is 10.1 Å². The van der Waals surface area contributed by atoms with Crippen molar-refractivity contribution in [1.29, 1.82) is 5.26 Å². The average Bonchev–Trinajstić information content (AvgIpc) is 2.75. The molecule has 0 aliphatic carbocycles. The highest BCUT2D eigenvalue weighted by molar-refractivity contribution is 7.16. The van der Waals surface area contributed by atoms with Crippen molar-refractivity contribution < 1.29 is 9.53 Å². The van der Waals surface area contributed by atoms with Crippen molar-refractivity contribution in [1.82, 2.24) is 0 Å². The summed E-state index contributed by atoms with van der Waals surface area (Å²) in [7, 11) is 0. The SMILES string of the molecule is CCCC(=O)Nc1sc2c(c1C#N)C[C@](C)(CC)OC2. The van der Waals surface area contributed by atoms with Crippen molar-refractivity contribution in [3.63, 3.8) is 0 Å². The van der Waals surface area contributed by atoms with E-state index in [0.717, 1.165) is 29.7 Å². The maximum Gasteiger partial charge on any atom is 0.224 e. The molecular weight excluding hydrogens is 272 g/mol. The number of nitriles is 1. The third kappa shape index (κ3) is 2.87. The summed E-state index contributed by atoms with van der Waals surface area (Å²) in [6.07, 6.45) is 2.93. The molecule has 2 rings (SSSR count). The van der Waals surface area contributed by atoms with Gasteiger partial charge >= 0.3 is 0 Å². The molecule has 4 nitrogen and oxygen atoms in total. The van der Waals surface area contributed by atoms with Gasteiger partial charge in [-0.05, 0) is 25.3 Å². The van der Waals surface area contributed by atoms with Gasteiger partial charge in [0.05, 0.1) is 17.8 Å². The number of thiophene rings is 1. The highest BCUT2D eigenvalue weighted by atomic mass is 32.1. The zero-order valence-electron chi connectivity index (χ0n) is 12.2. The molecule has 0 fully saturated rings. The number of carbonyl (C=O) groups is 1. The monoisotopic (exact) mass is 292 g/mol. The summed E-state index contributed by atoms with van der Waals surface area (Å²) in [6.45, 7) is 6.66. The van der Waals surface area contributed by atoms with E-state index < -0.39 is 0 Å². The summed E-state index contributed by atoms with van der Waals surface area (Å²) >= 11 is 1.47. The summed E-state index contributed by atoms with van der Waals surface area (Å²) in [5.74, 6) is -0.0261. The topological polar surface area (TPSA) is 62.1 Å². The van der Waals surface area contributed by atoms with Crippen LogP contribution < -0.4 is 5.32 Å². The van der Waals surface area contributed by atoms with Gasteiger partial charge in [0.1, 0.15) is 11.1 Å². The van der Waals surface area contributed by atoms with Crippen LogP contribution in [-0.2, 0) is 22.6 Å². The summed E-state index contributed by atoms with van der Waals surface area (Å²) in [5.41, 5.74) is 1.47. The molecule has 0 unspecified atom stereocenters. The van der Waals surface area contributed by atoms with Crippen LogP contribution in [0.4, 0.5) is 5.00 Å². The van der Waals surface area contributed by atoms with Gasteiger partial charge in [-0.1, -0.05) is 13.8 Å². The minimum absolute atomic E-state index is 0.0261. The molecule has 0 radical (unpaired) electrons. The summed E-state index contributed by atoms with van der Waals surface area (Å²) in [6, 6.07) is 2.25. The van der Waals surface area contributed by atoms with Crippen molar-refractivity contribution in [2.75, 3.05) is 5.32 Å². The third-order valence-electron chi connectivity index (χ3n) is 3.78. The predicted octanol–water partition coefficient (Wildman–Crippen LogP) is 3.60. The van der Waals surface area contributed by atoms with Gasteiger partial charge in [-0.3, -0.25) is 4.79 Å². The Morgan fingerprint density at radius 3 is 2.90 bits per heavy atom. The molecule has 1 amide bonds. The normalized spacial score (nSPS) is 21.1. The van der Waals surface area contributed by atoms with Crippen molar-refractivity contribution in [2.24, 2.45) is 0 Å². The quantitative estimate of drug-likeness (QED) is 0.922. The van der Waals surface area contributed by atoms with Crippen molar-refractivity contribution in [2.45, 2.75) is 58.7 Å². The summed E-state index contributed by atoms with van der Waals surface area (Å²) in [5, 5.41) is 13.0. The number of nitrogens with one attached hydrogen (secondary N) is 1. The first-order valence-electron chi connectivity index (χ1n) is 7.01. The van der Waals surface area contributed by atoms with Crippen LogP contribution in [0.3, 0.4) is 0 Å². The average molecular weight is 292 g/mol. The minimum atomic E-state index is -0.204. The molecule has 0 aromatic carbocycles. The number of ether oxygens (including phenoxy) is 1. The zero-order valence-corrected chi connectivity index (χ0v) is 13.0. The Balaban J connectivity index is 2.30. The van der Waals surface area contributed by atoms with Crippen LogP contribution in [0, 0.1) is 11.3 Å². The Labute approximate surface area is 123 Å². The molecule has 5 heteroatoms. The number of amides is 1. The van der Waals surface area contributed by atoms with Crippen molar-refractivity contribution >= 4 is 22.2 Å². The van der Waals surface area contributed by atoms with E-state index >= 15 is 0 Å². The van der Waals surface area contributed by atoms with Gasteiger partial charge in [-0.25, -0.2) is 0 Å².